The Bertz CT molecular complexity index is 1090. The Morgan fingerprint density at radius 2 is 1.80 bits per heavy atom. The summed E-state index contributed by atoms with van der Waals surface area (Å²) in [7, 11) is 0. The summed E-state index contributed by atoms with van der Waals surface area (Å²) in [4.78, 5) is 18.5. The van der Waals surface area contributed by atoms with Crippen molar-refractivity contribution >= 4 is 23.3 Å². The van der Waals surface area contributed by atoms with Crippen molar-refractivity contribution in [3.8, 4) is 0 Å². The van der Waals surface area contributed by atoms with E-state index in [9.17, 15) is 4.79 Å². The van der Waals surface area contributed by atoms with Gasteiger partial charge >= 0.3 is 0 Å². The van der Waals surface area contributed by atoms with Crippen LogP contribution in [-0.2, 0) is 12.2 Å². The molecule has 2 heterocycles. The molecule has 4 rings (SSSR count). The Kier molecular flexibility index (Phi) is 6.50. The fourth-order valence-corrected chi connectivity index (χ4v) is 4.32. The van der Waals surface area contributed by atoms with Crippen molar-refractivity contribution in [2.45, 2.75) is 36.5 Å². The largest absolute Gasteiger partial charge is 0.350 e. The molecule has 152 valence electrons. The first-order chi connectivity index (χ1) is 14.7. The number of nitrogens with one attached hydrogen (secondary N) is 1. The molecule has 5 heteroatoms. The van der Waals surface area contributed by atoms with Crippen LogP contribution in [0, 0.1) is 0 Å². The summed E-state index contributed by atoms with van der Waals surface area (Å²) >= 11 is 1.64. The van der Waals surface area contributed by atoms with E-state index in [4.69, 9.17) is 0 Å². The highest BCUT2D eigenvalue weighted by Gasteiger charge is 2.14. The molecule has 2 aromatic carbocycles. The Morgan fingerprint density at radius 1 is 1.03 bits per heavy atom. The number of thioether (sulfide) groups is 1. The number of aryl methyl sites for hydroxylation is 1. The van der Waals surface area contributed by atoms with Crippen LogP contribution in [0.15, 0.2) is 90.1 Å². The second-order valence-corrected chi connectivity index (χ2v) is 8.40. The Morgan fingerprint density at radius 3 is 2.63 bits per heavy atom. The minimum Gasteiger partial charge on any atom is -0.350 e. The maximum absolute atomic E-state index is 12.9. The Labute approximate surface area is 181 Å². The van der Waals surface area contributed by atoms with E-state index in [-0.39, 0.29) is 11.9 Å². The molecule has 1 atom stereocenters. The van der Waals surface area contributed by atoms with Crippen molar-refractivity contribution in [2.24, 2.45) is 0 Å². The van der Waals surface area contributed by atoms with Gasteiger partial charge in [-0.25, -0.2) is 4.98 Å². The summed E-state index contributed by atoms with van der Waals surface area (Å²) in [6.07, 6.45) is 5.89. The van der Waals surface area contributed by atoms with Crippen molar-refractivity contribution < 1.29 is 4.79 Å². The monoisotopic (exact) mass is 415 g/mol. The molecule has 1 unspecified atom stereocenters. The zero-order valence-corrected chi connectivity index (χ0v) is 17.8. The molecule has 0 aliphatic rings. The average molecular weight is 416 g/mol. The van der Waals surface area contributed by atoms with Crippen molar-refractivity contribution in [1.82, 2.24) is 14.7 Å². The first-order valence-electron chi connectivity index (χ1n) is 10.2. The van der Waals surface area contributed by atoms with Crippen LogP contribution in [0.1, 0.15) is 35.0 Å². The highest BCUT2D eigenvalue weighted by molar-refractivity contribution is 7.98. The highest BCUT2D eigenvalue weighted by Crippen LogP contribution is 2.26. The SMILES string of the molecule is CC(CCc1ccccc1)NC(=O)c1ccccc1SCc1cn2ccccc2n1. The Balaban J connectivity index is 1.37. The van der Waals surface area contributed by atoms with Gasteiger partial charge in [-0.05, 0) is 49.6 Å². The van der Waals surface area contributed by atoms with Crippen LogP contribution < -0.4 is 5.32 Å². The number of hydrogen-bond acceptors (Lipinski definition) is 3. The van der Waals surface area contributed by atoms with E-state index in [1.54, 1.807) is 11.8 Å². The number of aromatic nitrogens is 2. The highest BCUT2D eigenvalue weighted by atomic mass is 32.2. The molecule has 1 amide bonds. The number of benzene rings is 2. The summed E-state index contributed by atoms with van der Waals surface area (Å²) in [5.74, 6) is 0.698. The number of imidazole rings is 1. The van der Waals surface area contributed by atoms with Crippen LogP contribution in [0.2, 0.25) is 0 Å². The molecule has 0 aliphatic heterocycles. The lowest BCUT2D eigenvalue weighted by Crippen LogP contribution is -2.33. The lowest BCUT2D eigenvalue weighted by Gasteiger charge is -2.15. The average Bonchev–Trinajstić information content (AvgIpc) is 3.20. The Hall–Kier alpha value is -3.05. The van der Waals surface area contributed by atoms with Gasteiger partial charge in [0.05, 0.1) is 11.3 Å². The van der Waals surface area contributed by atoms with Crippen LogP contribution in [0.25, 0.3) is 5.65 Å². The van der Waals surface area contributed by atoms with Crippen LogP contribution in [0.3, 0.4) is 0 Å². The smallest absolute Gasteiger partial charge is 0.252 e. The number of carbonyl (C=O) groups excluding carboxylic acids is 1. The van der Waals surface area contributed by atoms with Gasteiger partial charge in [0.2, 0.25) is 0 Å². The van der Waals surface area contributed by atoms with Gasteiger partial charge in [-0.3, -0.25) is 4.79 Å². The standard InChI is InChI=1S/C25H25N3OS/c1-19(14-15-20-9-3-2-4-10-20)26-25(29)22-11-5-6-12-23(22)30-18-21-17-28-16-8-7-13-24(28)27-21/h2-13,16-17,19H,14-15,18H2,1H3,(H,26,29). The molecular weight excluding hydrogens is 390 g/mol. The maximum Gasteiger partial charge on any atom is 0.252 e. The predicted molar refractivity (Wildman–Crippen MR) is 123 cm³/mol. The molecule has 0 aliphatic carbocycles. The lowest BCUT2D eigenvalue weighted by atomic mass is 10.1. The second kappa shape index (κ2) is 9.63. The zero-order valence-electron chi connectivity index (χ0n) is 17.0. The molecule has 0 saturated carbocycles. The molecule has 0 saturated heterocycles. The van der Waals surface area contributed by atoms with Crippen LogP contribution >= 0.6 is 11.8 Å². The summed E-state index contributed by atoms with van der Waals surface area (Å²) in [5, 5.41) is 3.15. The molecule has 0 fully saturated rings. The van der Waals surface area contributed by atoms with E-state index in [2.05, 4.69) is 41.5 Å². The van der Waals surface area contributed by atoms with E-state index in [0.29, 0.717) is 0 Å². The van der Waals surface area contributed by atoms with Crippen LogP contribution in [-0.4, -0.2) is 21.3 Å². The van der Waals surface area contributed by atoms with Gasteiger partial charge in [0, 0.05) is 29.1 Å². The lowest BCUT2D eigenvalue weighted by molar-refractivity contribution is 0.0935. The van der Waals surface area contributed by atoms with Gasteiger partial charge in [-0.2, -0.15) is 0 Å². The third kappa shape index (κ3) is 5.10. The van der Waals surface area contributed by atoms with Gasteiger partial charge in [0.1, 0.15) is 5.65 Å². The van der Waals surface area contributed by atoms with Crippen molar-refractivity contribution in [3.63, 3.8) is 0 Å². The summed E-state index contributed by atoms with van der Waals surface area (Å²) in [5.41, 5.74) is 3.95. The maximum atomic E-state index is 12.9. The van der Waals surface area contributed by atoms with Gasteiger partial charge in [-0.1, -0.05) is 48.5 Å². The van der Waals surface area contributed by atoms with Crippen molar-refractivity contribution in [3.05, 3.63) is 102 Å². The number of pyridine rings is 1. The normalized spacial score (nSPS) is 12.0. The van der Waals surface area contributed by atoms with E-state index in [0.717, 1.165) is 40.4 Å². The molecule has 30 heavy (non-hydrogen) atoms. The second-order valence-electron chi connectivity index (χ2n) is 7.38. The molecule has 1 N–H and O–H groups in total. The topological polar surface area (TPSA) is 46.4 Å². The van der Waals surface area contributed by atoms with Crippen LogP contribution in [0.5, 0.6) is 0 Å². The van der Waals surface area contributed by atoms with E-state index in [1.807, 2.05) is 65.3 Å². The molecule has 4 nitrogen and oxygen atoms in total. The summed E-state index contributed by atoms with van der Waals surface area (Å²) < 4.78 is 2.02. The molecule has 4 aromatic rings. The van der Waals surface area contributed by atoms with Gasteiger partial charge < -0.3 is 9.72 Å². The fourth-order valence-electron chi connectivity index (χ4n) is 3.39. The quantitative estimate of drug-likeness (QED) is 0.393. The minimum atomic E-state index is -0.0198. The van der Waals surface area contributed by atoms with Gasteiger partial charge in [-0.15, -0.1) is 11.8 Å². The number of hydrogen-bond donors (Lipinski definition) is 1. The molecular formula is C25H25N3OS. The third-order valence-electron chi connectivity index (χ3n) is 5.01. The number of rotatable bonds is 8. The predicted octanol–water partition coefficient (Wildman–Crippen LogP) is 5.38. The van der Waals surface area contributed by atoms with Crippen LogP contribution in [0.4, 0.5) is 0 Å². The molecule has 0 radical (unpaired) electrons. The summed E-state index contributed by atoms with van der Waals surface area (Å²) in [6, 6.07) is 24.2. The first-order valence-corrected chi connectivity index (χ1v) is 11.2. The molecule has 0 spiro atoms. The van der Waals surface area contributed by atoms with E-state index in [1.165, 1.54) is 5.56 Å². The summed E-state index contributed by atoms with van der Waals surface area (Å²) in [6.45, 7) is 2.06. The van der Waals surface area contributed by atoms with Crippen molar-refractivity contribution in [1.29, 1.82) is 0 Å². The number of carbonyl (C=O) groups is 1. The zero-order chi connectivity index (χ0) is 20.8. The molecule has 2 aromatic heterocycles. The molecule has 0 bridgehead atoms. The number of amides is 1. The van der Waals surface area contributed by atoms with Gasteiger partial charge in [0.25, 0.3) is 5.91 Å². The van der Waals surface area contributed by atoms with Crippen molar-refractivity contribution in [2.75, 3.05) is 0 Å². The van der Waals surface area contributed by atoms with Gasteiger partial charge in [0.15, 0.2) is 0 Å². The number of nitrogens with zero attached hydrogens (tertiary/aromatic N) is 2. The number of fused-ring (bicyclic) bond motifs is 1. The third-order valence-corrected chi connectivity index (χ3v) is 6.11. The fraction of sp³-hybridized carbons (Fsp3) is 0.200. The first kappa shape index (κ1) is 20.2. The van der Waals surface area contributed by atoms with E-state index >= 15 is 0 Å². The minimum absolute atomic E-state index is 0.0198. The van der Waals surface area contributed by atoms with E-state index < -0.39 is 0 Å².